The molecule has 0 spiro atoms. The van der Waals surface area contributed by atoms with Crippen LogP contribution < -0.4 is 5.32 Å². The van der Waals surface area contributed by atoms with Crippen molar-refractivity contribution in [3.63, 3.8) is 0 Å². The van der Waals surface area contributed by atoms with Crippen molar-refractivity contribution in [2.24, 2.45) is 0 Å². The lowest BCUT2D eigenvalue weighted by Crippen LogP contribution is -2.03. The maximum Gasteiger partial charge on any atom is 0.0462 e. The molecule has 0 aliphatic carbocycles. The summed E-state index contributed by atoms with van der Waals surface area (Å²) < 4.78 is 4.96. The lowest BCUT2D eigenvalue weighted by molar-refractivity contribution is 0.192. The molecule has 12 heavy (non-hydrogen) atoms. The van der Waals surface area contributed by atoms with Gasteiger partial charge in [0, 0.05) is 26.5 Å². The minimum Gasteiger partial charge on any atom is -0.392 e. The van der Waals surface area contributed by atoms with Gasteiger partial charge in [0.05, 0.1) is 0 Å². The first-order valence-electron chi connectivity index (χ1n) is 4.65. The molecule has 0 saturated heterocycles. The van der Waals surface area contributed by atoms with E-state index in [-0.39, 0.29) is 0 Å². The van der Waals surface area contributed by atoms with E-state index in [0.29, 0.717) is 0 Å². The van der Waals surface area contributed by atoms with Crippen LogP contribution in [0.5, 0.6) is 0 Å². The van der Waals surface area contributed by atoms with Gasteiger partial charge in [-0.2, -0.15) is 0 Å². The van der Waals surface area contributed by atoms with Gasteiger partial charge in [0.1, 0.15) is 0 Å². The van der Waals surface area contributed by atoms with E-state index in [9.17, 15) is 0 Å². The smallest absolute Gasteiger partial charge is 0.0462 e. The second kappa shape index (κ2) is 8.60. The summed E-state index contributed by atoms with van der Waals surface area (Å²) in [4.78, 5) is 0. The fraction of sp³-hybridized carbons (Fsp3) is 0.800. The van der Waals surface area contributed by atoms with Gasteiger partial charge in [0.15, 0.2) is 0 Å². The number of allylic oxidation sites excluding steroid dienone is 1. The van der Waals surface area contributed by atoms with Gasteiger partial charge in [-0.1, -0.05) is 19.4 Å². The number of methoxy groups -OCH3 is 1. The predicted octanol–water partition coefficient (Wildman–Crippen LogP) is 2.32. The molecule has 0 unspecified atom stereocenters. The van der Waals surface area contributed by atoms with E-state index in [1.165, 1.54) is 25.7 Å². The Morgan fingerprint density at radius 3 is 2.50 bits per heavy atom. The molecule has 2 nitrogen and oxygen atoms in total. The molecule has 0 fully saturated rings. The molecule has 0 aromatic heterocycles. The molecule has 0 atom stereocenters. The molecular weight excluding hydrogens is 150 g/mol. The summed E-state index contributed by atoms with van der Waals surface area (Å²) in [5.41, 5.74) is 1.14. The van der Waals surface area contributed by atoms with Crippen LogP contribution in [0.1, 0.15) is 32.1 Å². The van der Waals surface area contributed by atoms with Gasteiger partial charge in [0.25, 0.3) is 0 Å². The second-order valence-electron chi connectivity index (χ2n) is 3.01. The Kier molecular flexibility index (Phi) is 8.24. The largest absolute Gasteiger partial charge is 0.392 e. The lowest BCUT2D eigenvalue weighted by atomic mass is 10.1. The molecule has 0 amide bonds. The maximum absolute atomic E-state index is 4.96. The number of ether oxygens (including phenoxy) is 1. The van der Waals surface area contributed by atoms with Crippen LogP contribution in [0.15, 0.2) is 12.3 Å². The van der Waals surface area contributed by atoms with Gasteiger partial charge in [-0.05, 0) is 19.3 Å². The number of hydrogen-bond acceptors (Lipinski definition) is 2. The predicted molar refractivity (Wildman–Crippen MR) is 53.2 cm³/mol. The molecule has 0 aromatic rings. The molecule has 2 heteroatoms. The highest BCUT2D eigenvalue weighted by Crippen LogP contribution is 2.06. The summed E-state index contributed by atoms with van der Waals surface area (Å²) in [6.45, 7) is 4.77. The van der Waals surface area contributed by atoms with E-state index < -0.39 is 0 Å². The Labute approximate surface area is 76.0 Å². The fourth-order valence-electron chi connectivity index (χ4n) is 1.06. The zero-order chi connectivity index (χ0) is 9.23. The molecule has 0 saturated carbocycles. The molecule has 1 N–H and O–H groups in total. The Balaban J connectivity index is 2.95. The van der Waals surface area contributed by atoms with E-state index >= 15 is 0 Å². The molecule has 0 aliphatic rings. The molecular formula is C10H21NO. The normalized spacial score (nSPS) is 9.83. The van der Waals surface area contributed by atoms with Crippen molar-refractivity contribution in [1.29, 1.82) is 0 Å². The first-order chi connectivity index (χ1) is 5.81. The highest BCUT2D eigenvalue weighted by Gasteiger charge is 1.91. The van der Waals surface area contributed by atoms with Crippen molar-refractivity contribution < 1.29 is 4.74 Å². The quantitative estimate of drug-likeness (QED) is 0.566. The summed E-state index contributed by atoms with van der Waals surface area (Å²) in [5.74, 6) is 0. The van der Waals surface area contributed by atoms with Gasteiger partial charge in [-0.25, -0.2) is 0 Å². The topological polar surface area (TPSA) is 21.3 Å². The van der Waals surface area contributed by atoms with Crippen LogP contribution in [0.3, 0.4) is 0 Å². The van der Waals surface area contributed by atoms with Crippen molar-refractivity contribution in [2.45, 2.75) is 32.1 Å². The van der Waals surface area contributed by atoms with Crippen molar-refractivity contribution in [1.82, 2.24) is 5.32 Å². The summed E-state index contributed by atoms with van der Waals surface area (Å²) in [6, 6.07) is 0. The molecule has 0 radical (unpaired) electrons. The lowest BCUT2D eigenvalue weighted by Gasteiger charge is -2.03. The molecule has 72 valence electrons. The van der Waals surface area contributed by atoms with Crippen LogP contribution in [0.25, 0.3) is 0 Å². The SMILES string of the molecule is C=C(CCCCCCOC)NC. The van der Waals surface area contributed by atoms with Crippen LogP contribution in [-0.4, -0.2) is 20.8 Å². The number of hydrogen-bond donors (Lipinski definition) is 1. The summed E-state index contributed by atoms with van der Waals surface area (Å²) in [7, 11) is 3.68. The first-order valence-corrected chi connectivity index (χ1v) is 4.65. The van der Waals surface area contributed by atoms with E-state index in [1.54, 1.807) is 7.11 Å². The van der Waals surface area contributed by atoms with E-state index in [0.717, 1.165) is 18.7 Å². The standard InChI is InChI=1S/C10H21NO/c1-10(11-2)8-6-4-5-7-9-12-3/h11H,1,4-9H2,2-3H3. The van der Waals surface area contributed by atoms with Crippen LogP contribution in [0, 0.1) is 0 Å². The first kappa shape index (κ1) is 11.5. The van der Waals surface area contributed by atoms with E-state index in [4.69, 9.17) is 4.74 Å². The zero-order valence-electron chi connectivity index (χ0n) is 8.36. The minimum absolute atomic E-state index is 0.896. The number of nitrogens with one attached hydrogen (secondary N) is 1. The Hall–Kier alpha value is -0.500. The van der Waals surface area contributed by atoms with E-state index in [2.05, 4.69) is 11.9 Å². The number of unbranched alkanes of at least 4 members (excludes halogenated alkanes) is 3. The monoisotopic (exact) mass is 171 g/mol. The highest BCUT2D eigenvalue weighted by molar-refractivity contribution is 4.88. The Bertz CT molecular complexity index is 112. The van der Waals surface area contributed by atoms with Gasteiger partial charge < -0.3 is 10.1 Å². The zero-order valence-corrected chi connectivity index (χ0v) is 8.36. The van der Waals surface area contributed by atoms with Crippen LogP contribution in [0.4, 0.5) is 0 Å². The van der Waals surface area contributed by atoms with E-state index in [1.807, 2.05) is 7.05 Å². The third kappa shape index (κ3) is 7.61. The Morgan fingerprint density at radius 1 is 1.25 bits per heavy atom. The molecule has 0 aliphatic heterocycles. The van der Waals surface area contributed by atoms with Crippen LogP contribution in [0.2, 0.25) is 0 Å². The van der Waals surface area contributed by atoms with Crippen LogP contribution in [-0.2, 0) is 4.74 Å². The number of rotatable bonds is 8. The second-order valence-corrected chi connectivity index (χ2v) is 3.01. The summed E-state index contributed by atoms with van der Waals surface area (Å²) in [6.07, 6.45) is 6.07. The summed E-state index contributed by atoms with van der Waals surface area (Å²) >= 11 is 0. The van der Waals surface area contributed by atoms with Gasteiger partial charge in [0.2, 0.25) is 0 Å². The van der Waals surface area contributed by atoms with Gasteiger partial charge in [-0.15, -0.1) is 0 Å². The average Bonchev–Trinajstić information content (AvgIpc) is 2.10. The molecule has 0 aromatic carbocycles. The van der Waals surface area contributed by atoms with Crippen LogP contribution >= 0.6 is 0 Å². The molecule has 0 bridgehead atoms. The fourth-order valence-corrected chi connectivity index (χ4v) is 1.06. The molecule has 0 rings (SSSR count). The van der Waals surface area contributed by atoms with Crippen molar-refractivity contribution in [2.75, 3.05) is 20.8 Å². The average molecular weight is 171 g/mol. The van der Waals surface area contributed by atoms with Crippen molar-refractivity contribution in [3.05, 3.63) is 12.3 Å². The summed E-state index contributed by atoms with van der Waals surface area (Å²) in [5, 5.41) is 3.05. The minimum atomic E-state index is 0.896. The third-order valence-electron chi connectivity index (χ3n) is 1.93. The van der Waals surface area contributed by atoms with Gasteiger partial charge >= 0.3 is 0 Å². The Morgan fingerprint density at radius 2 is 1.92 bits per heavy atom. The van der Waals surface area contributed by atoms with Crippen molar-refractivity contribution >= 4 is 0 Å². The highest BCUT2D eigenvalue weighted by atomic mass is 16.5. The molecule has 0 heterocycles. The van der Waals surface area contributed by atoms with Crippen molar-refractivity contribution in [3.8, 4) is 0 Å². The van der Waals surface area contributed by atoms with Gasteiger partial charge in [-0.3, -0.25) is 0 Å². The third-order valence-corrected chi connectivity index (χ3v) is 1.93. The maximum atomic E-state index is 4.96.